The molecule has 1 nitrogen and oxygen atoms in total. The van der Waals surface area contributed by atoms with Crippen LogP contribution in [0.2, 0.25) is 13.1 Å². The van der Waals surface area contributed by atoms with Crippen molar-refractivity contribution < 1.29 is 4.57 Å². The molecule has 4 rings (SSSR count). The van der Waals surface area contributed by atoms with E-state index < -0.39 is 8.07 Å². The number of aryl methyl sites for hydroxylation is 3. The molecule has 0 bridgehead atoms. The average Bonchev–Trinajstić information content (AvgIpc) is 2.61. The third kappa shape index (κ3) is 2.61. The first-order valence-corrected chi connectivity index (χ1v) is 12.9. The van der Waals surface area contributed by atoms with Crippen LogP contribution in [0.25, 0.3) is 11.3 Å². The van der Waals surface area contributed by atoms with Crippen LogP contribution in [0.1, 0.15) is 36.1 Å². The van der Waals surface area contributed by atoms with Crippen molar-refractivity contribution in [3.05, 3.63) is 77.0 Å². The molecule has 0 radical (unpaired) electrons. The van der Waals surface area contributed by atoms with E-state index in [1.807, 2.05) is 0 Å². The normalized spacial score (nSPS) is 16.6. The van der Waals surface area contributed by atoms with Crippen molar-refractivity contribution in [1.82, 2.24) is 0 Å². The minimum Gasteiger partial charge on any atom is -0.201 e. The molecule has 27 heavy (non-hydrogen) atoms. The number of rotatable bonds is 1. The van der Waals surface area contributed by atoms with E-state index in [0.717, 1.165) is 0 Å². The highest BCUT2D eigenvalue weighted by Gasteiger charge is 2.43. The molecular formula is C25H30NSi+. The zero-order valence-electron chi connectivity index (χ0n) is 17.6. The van der Waals surface area contributed by atoms with Crippen LogP contribution >= 0.6 is 0 Å². The van der Waals surface area contributed by atoms with Gasteiger partial charge in [0.15, 0.2) is 6.20 Å². The van der Waals surface area contributed by atoms with Gasteiger partial charge in [0.1, 0.15) is 15.1 Å². The van der Waals surface area contributed by atoms with Gasteiger partial charge in [-0.3, -0.25) is 0 Å². The number of hydrogen-bond donors (Lipinski definition) is 0. The first-order valence-electron chi connectivity index (χ1n) is 9.86. The Morgan fingerprint density at radius 3 is 2.26 bits per heavy atom. The Morgan fingerprint density at radius 1 is 0.852 bits per heavy atom. The molecule has 0 N–H and O–H groups in total. The smallest absolute Gasteiger partial charge is 0.201 e. The zero-order valence-corrected chi connectivity index (χ0v) is 18.6. The molecular weight excluding hydrogens is 342 g/mol. The van der Waals surface area contributed by atoms with Crippen LogP contribution in [0.3, 0.4) is 0 Å². The molecule has 0 aliphatic carbocycles. The highest BCUT2D eigenvalue weighted by Crippen LogP contribution is 2.37. The quantitative estimate of drug-likeness (QED) is 0.444. The van der Waals surface area contributed by atoms with Gasteiger partial charge in [-0.2, -0.15) is 0 Å². The lowest BCUT2D eigenvalue weighted by atomic mass is 9.76. The van der Waals surface area contributed by atoms with Crippen LogP contribution in [0.5, 0.6) is 0 Å². The summed E-state index contributed by atoms with van der Waals surface area (Å²) in [6, 6.07) is 18.6. The Morgan fingerprint density at radius 2 is 1.56 bits per heavy atom. The second kappa shape index (κ2) is 5.90. The van der Waals surface area contributed by atoms with Crippen LogP contribution in [-0.2, 0) is 12.5 Å². The molecule has 3 aromatic rings. The number of benzene rings is 2. The summed E-state index contributed by atoms with van der Waals surface area (Å²) < 4.78 is 2.26. The second-order valence-corrected chi connectivity index (χ2v) is 13.5. The molecule has 138 valence electrons. The second-order valence-electron chi connectivity index (χ2n) is 9.21. The fourth-order valence-corrected chi connectivity index (χ4v) is 8.34. The molecule has 2 aromatic carbocycles. The zero-order chi connectivity index (χ0) is 19.6. The summed E-state index contributed by atoms with van der Waals surface area (Å²) in [4.78, 5) is 0. The monoisotopic (exact) mass is 372 g/mol. The Kier molecular flexibility index (Phi) is 3.97. The third-order valence-corrected chi connectivity index (χ3v) is 10.1. The number of hydrogen-bond acceptors (Lipinski definition) is 0. The standard InChI is InChI=1S/C25H30NSi/c1-17-12-13-22(26(5)16-17)19-15-24-21(14-18(19)2)25(3,4)20-10-8-9-11-23(20)27(24,6)7/h8-16H,1-7H3/q+1. The largest absolute Gasteiger partial charge is 0.212 e. The van der Waals surface area contributed by atoms with Crippen molar-refractivity contribution in [1.29, 1.82) is 0 Å². The molecule has 0 amide bonds. The van der Waals surface area contributed by atoms with Crippen molar-refractivity contribution in [2.24, 2.45) is 7.05 Å². The number of nitrogens with zero attached hydrogens (tertiary/aromatic N) is 1. The van der Waals surface area contributed by atoms with E-state index in [0.29, 0.717) is 0 Å². The Balaban J connectivity index is 2.02. The summed E-state index contributed by atoms with van der Waals surface area (Å²) in [7, 11) is 0.410. The van der Waals surface area contributed by atoms with Crippen molar-refractivity contribution in [3.8, 4) is 11.3 Å². The van der Waals surface area contributed by atoms with Crippen molar-refractivity contribution in [3.63, 3.8) is 0 Å². The van der Waals surface area contributed by atoms with Crippen LogP contribution in [-0.4, -0.2) is 8.07 Å². The van der Waals surface area contributed by atoms with E-state index in [1.165, 1.54) is 33.5 Å². The van der Waals surface area contributed by atoms with E-state index in [2.05, 4.69) is 107 Å². The lowest BCUT2D eigenvalue weighted by Crippen LogP contribution is -2.62. The number of aromatic nitrogens is 1. The van der Waals surface area contributed by atoms with Crippen LogP contribution < -0.4 is 14.9 Å². The van der Waals surface area contributed by atoms with Crippen molar-refractivity contribution in [2.45, 2.75) is 46.2 Å². The van der Waals surface area contributed by atoms with Gasteiger partial charge in [0, 0.05) is 22.6 Å². The Hall–Kier alpha value is -2.19. The van der Waals surface area contributed by atoms with Crippen molar-refractivity contribution in [2.75, 3.05) is 0 Å². The van der Waals surface area contributed by atoms with Gasteiger partial charge in [0.05, 0.1) is 0 Å². The lowest BCUT2D eigenvalue weighted by Gasteiger charge is -2.43. The molecule has 0 spiro atoms. The summed E-state index contributed by atoms with van der Waals surface area (Å²) in [6.07, 6.45) is 2.22. The fraction of sp³-hybridized carbons (Fsp3) is 0.320. The van der Waals surface area contributed by atoms with Gasteiger partial charge in [0.25, 0.3) is 0 Å². The topological polar surface area (TPSA) is 3.88 Å². The summed E-state index contributed by atoms with van der Waals surface area (Å²) in [5.41, 5.74) is 8.41. The molecule has 0 saturated heterocycles. The van der Waals surface area contributed by atoms with E-state index in [4.69, 9.17) is 0 Å². The molecule has 2 heteroatoms. The maximum atomic E-state index is 2.51. The Bertz CT molecular complexity index is 1060. The maximum absolute atomic E-state index is 2.51. The lowest BCUT2D eigenvalue weighted by molar-refractivity contribution is -0.660. The highest BCUT2D eigenvalue weighted by molar-refractivity contribution is 7.01. The van der Waals surface area contributed by atoms with Gasteiger partial charge in [-0.25, -0.2) is 4.57 Å². The molecule has 0 unspecified atom stereocenters. The molecule has 2 heterocycles. The van der Waals surface area contributed by atoms with Gasteiger partial charge < -0.3 is 0 Å². The van der Waals surface area contributed by atoms with Crippen LogP contribution in [0.15, 0.2) is 54.7 Å². The van der Waals surface area contributed by atoms with Gasteiger partial charge in [-0.15, -0.1) is 0 Å². The molecule has 1 aliphatic rings. The van der Waals surface area contributed by atoms with Gasteiger partial charge in [-0.1, -0.05) is 62.5 Å². The van der Waals surface area contributed by atoms with Gasteiger partial charge in [-0.05, 0) is 47.9 Å². The summed E-state index contributed by atoms with van der Waals surface area (Å²) in [5.74, 6) is 0. The Labute approximate surface area is 164 Å². The van der Waals surface area contributed by atoms with Gasteiger partial charge >= 0.3 is 0 Å². The fourth-order valence-electron chi connectivity index (χ4n) is 4.91. The number of pyridine rings is 1. The SMILES string of the molecule is Cc1ccc(-c2cc3c(cc2C)C(C)(C)c2ccccc2[Si]3(C)C)[n+](C)c1. The minimum atomic E-state index is -1.75. The summed E-state index contributed by atoms with van der Waals surface area (Å²) in [6.45, 7) is 14.2. The number of fused-ring (bicyclic) bond motifs is 2. The van der Waals surface area contributed by atoms with E-state index in [1.54, 1.807) is 10.4 Å². The predicted molar refractivity (Wildman–Crippen MR) is 118 cm³/mol. The van der Waals surface area contributed by atoms with E-state index in [9.17, 15) is 0 Å². The summed E-state index contributed by atoms with van der Waals surface area (Å²) in [5, 5.41) is 3.18. The molecule has 1 aromatic heterocycles. The predicted octanol–water partition coefficient (Wildman–Crippen LogP) is 4.26. The van der Waals surface area contributed by atoms with Crippen molar-refractivity contribution >= 4 is 18.4 Å². The molecule has 0 saturated carbocycles. The third-order valence-electron chi connectivity index (χ3n) is 6.54. The first kappa shape index (κ1) is 18.2. The summed E-state index contributed by atoms with van der Waals surface area (Å²) >= 11 is 0. The molecule has 0 fully saturated rings. The average molecular weight is 373 g/mol. The maximum Gasteiger partial charge on any atom is 0.212 e. The van der Waals surface area contributed by atoms with Gasteiger partial charge in [0.2, 0.25) is 5.69 Å². The highest BCUT2D eigenvalue weighted by atomic mass is 28.3. The van der Waals surface area contributed by atoms with Crippen LogP contribution in [0.4, 0.5) is 0 Å². The van der Waals surface area contributed by atoms with E-state index >= 15 is 0 Å². The molecule has 0 atom stereocenters. The minimum absolute atomic E-state index is 0.0488. The first-order chi connectivity index (χ1) is 12.6. The van der Waals surface area contributed by atoms with Crippen LogP contribution in [0, 0.1) is 13.8 Å². The van der Waals surface area contributed by atoms with E-state index in [-0.39, 0.29) is 5.41 Å². The molecule has 1 aliphatic heterocycles.